The molecule has 0 spiro atoms. The highest BCUT2D eigenvalue weighted by Gasteiger charge is 2.23. The molecule has 2 aromatic carbocycles. The highest BCUT2D eigenvalue weighted by Crippen LogP contribution is 2.40. The molecular weight excluding hydrogens is 232 g/mol. The Bertz CT molecular complexity index is 565. The molecule has 1 unspecified atom stereocenters. The Labute approximate surface area is 114 Å². The molecule has 1 heteroatoms. The van der Waals surface area contributed by atoms with Gasteiger partial charge < -0.3 is 4.74 Å². The Morgan fingerprint density at radius 2 is 1.79 bits per heavy atom. The number of fused-ring (bicyclic) bond motifs is 2. The van der Waals surface area contributed by atoms with E-state index in [4.69, 9.17) is 4.74 Å². The van der Waals surface area contributed by atoms with Gasteiger partial charge in [-0.2, -0.15) is 0 Å². The van der Waals surface area contributed by atoms with E-state index in [1.54, 1.807) is 0 Å². The molecule has 0 N–H and O–H groups in total. The van der Waals surface area contributed by atoms with Gasteiger partial charge in [-0.3, -0.25) is 0 Å². The number of ether oxygens (including phenoxy) is 1. The fourth-order valence-corrected chi connectivity index (χ4v) is 2.80. The molecule has 1 heterocycles. The van der Waals surface area contributed by atoms with E-state index in [1.807, 2.05) is 6.07 Å². The van der Waals surface area contributed by atoms with Gasteiger partial charge in [-0.15, -0.1) is 6.58 Å². The van der Waals surface area contributed by atoms with Gasteiger partial charge in [0.1, 0.15) is 12.4 Å². The van der Waals surface area contributed by atoms with Gasteiger partial charge in [-0.05, 0) is 30.5 Å². The van der Waals surface area contributed by atoms with Gasteiger partial charge in [0, 0.05) is 11.5 Å². The Morgan fingerprint density at radius 3 is 2.58 bits per heavy atom. The van der Waals surface area contributed by atoms with E-state index in [2.05, 4.69) is 56.0 Å². The van der Waals surface area contributed by atoms with Crippen molar-refractivity contribution in [3.05, 3.63) is 77.4 Å². The average Bonchev–Trinajstić information content (AvgIpc) is 2.57. The topological polar surface area (TPSA) is 9.23 Å². The van der Waals surface area contributed by atoms with Crippen molar-refractivity contribution < 1.29 is 4.74 Å². The maximum absolute atomic E-state index is 5.96. The molecular formula is C18H18O. The van der Waals surface area contributed by atoms with Gasteiger partial charge >= 0.3 is 0 Å². The number of allylic oxidation sites excluding steroid dienone is 1. The minimum atomic E-state index is 0.354. The lowest BCUT2D eigenvalue weighted by atomic mass is 9.84. The van der Waals surface area contributed by atoms with Crippen LogP contribution in [0.5, 0.6) is 5.75 Å². The minimum absolute atomic E-state index is 0.354. The number of benzene rings is 2. The highest BCUT2D eigenvalue weighted by atomic mass is 16.5. The van der Waals surface area contributed by atoms with Gasteiger partial charge in [0.05, 0.1) is 0 Å². The predicted octanol–water partition coefficient (Wildman–Crippen LogP) is 4.68. The van der Waals surface area contributed by atoms with Crippen LogP contribution in [0, 0.1) is 0 Å². The van der Waals surface area contributed by atoms with Crippen LogP contribution in [0.25, 0.3) is 0 Å². The van der Waals surface area contributed by atoms with Gasteiger partial charge in [0.2, 0.25) is 0 Å². The Balaban J connectivity index is 2.16. The zero-order valence-corrected chi connectivity index (χ0v) is 11.2. The molecule has 0 fully saturated rings. The highest BCUT2D eigenvalue weighted by molar-refractivity contribution is 5.47. The zero-order chi connectivity index (χ0) is 13.2. The van der Waals surface area contributed by atoms with Crippen molar-refractivity contribution in [2.45, 2.75) is 25.9 Å². The monoisotopic (exact) mass is 250 g/mol. The molecule has 1 aliphatic heterocycles. The van der Waals surface area contributed by atoms with Crippen molar-refractivity contribution in [3.63, 3.8) is 0 Å². The quantitative estimate of drug-likeness (QED) is 0.703. The van der Waals surface area contributed by atoms with E-state index in [1.165, 1.54) is 22.3 Å². The zero-order valence-electron chi connectivity index (χ0n) is 11.2. The number of hydrogen-bond donors (Lipinski definition) is 0. The van der Waals surface area contributed by atoms with Gasteiger partial charge in [0.15, 0.2) is 0 Å². The fourth-order valence-electron chi connectivity index (χ4n) is 2.80. The molecule has 96 valence electrons. The molecule has 0 aromatic heterocycles. The molecule has 19 heavy (non-hydrogen) atoms. The third kappa shape index (κ3) is 2.28. The molecule has 0 saturated carbocycles. The second-order valence-electron chi connectivity index (χ2n) is 5.24. The molecule has 0 radical (unpaired) electrons. The average molecular weight is 250 g/mol. The van der Waals surface area contributed by atoms with E-state index in [0.717, 1.165) is 12.2 Å². The van der Waals surface area contributed by atoms with E-state index < -0.39 is 0 Å². The summed E-state index contributed by atoms with van der Waals surface area (Å²) in [5, 5.41) is 0. The molecule has 0 saturated heterocycles. The lowest BCUT2D eigenvalue weighted by Crippen LogP contribution is -2.03. The summed E-state index contributed by atoms with van der Waals surface area (Å²) in [5.41, 5.74) is 5.13. The van der Waals surface area contributed by atoms with Crippen LogP contribution in [0.1, 0.15) is 36.0 Å². The summed E-state index contributed by atoms with van der Waals surface area (Å²) >= 11 is 0. The maximum atomic E-state index is 5.96. The van der Waals surface area contributed by atoms with Crippen molar-refractivity contribution in [2.24, 2.45) is 0 Å². The summed E-state index contributed by atoms with van der Waals surface area (Å²) in [7, 11) is 0. The molecule has 0 amide bonds. The molecule has 2 aromatic rings. The van der Waals surface area contributed by atoms with Gasteiger partial charge in [-0.1, -0.05) is 48.0 Å². The van der Waals surface area contributed by atoms with E-state index in [9.17, 15) is 0 Å². The van der Waals surface area contributed by atoms with Crippen molar-refractivity contribution in [1.29, 1.82) is 0 Å². The van der Waals surface area contributed by atoms with Crippen molar-refractivity contribution in [2.75, 3.05) is 0 Å². The van der Waals surface area contributed by atoms with Crippen LogP contribution in [-0.2, 0) is 6.61 Å². The lowest BCUT2D eigenvalue weighted by Gasteiger charge is -2.19. The standard InChI is InChI=1S/C18H18O/c1-13(2)11-17-15-8-4-3-7-14(15)12-19-18-10-6-5-9-16(17)18/h3-10,17H,1,11-12H2,2H3. The number of hydrogen-bond acceptors (Lipinski definition) is 1. The second kappa shape index (κ2) is 4.93. The second-order valence-corrected chi connectivity index (χ2v) is 5.24. The van der Waals surface area contributed by atoms with E-state index >= 15 is 0 Å². The van der Waals surface area contributed by atoms with Gasteiger partial charge in [-0.25, -0.2) is 0 Å². The van der Waals surface area contributed by atoms with Crippen LogP contribution in [-0.4, -0.2) is 0 Å². The Hall–Kier alpha value is -2.02. The summed E-state index contributed by atoms with van der Waals surface area (Å²) in [6.07, 6.45) is 0.970. The molecule has 0 aliphatic carbocycles. The van der Waals surface area contributed by atoms with E-state index in [0.29, 0.717) is 12.5 Å². The smallest absolute Gasteiger partial charge is 0.123 e. The van der Waals surface area contributed by atoms with Crippen LogP contribution in [0.2, 0.25) is 0 Å². The fraction of sp³-hybridized carbons (Fsp3) is 0.222. The Morgan fingerprint density at radius 1 is 1.11 bits per heavy atom. The summed E-state index contributed by atoms with van der Waals surface area (Å²) < 4.78 is 5.96. The summed E-state index contributed by atoms with van der Waals surface area (Å²) in [6, 6.07) is 16.9. The SMILES string of the molecule is C=C(C)CC1c2ccccc2COc2ccccc21. The number of rotatable bonds is 2. The number of para-hydroxylation sites is 1. The first kappa shape index (κ1) is 12.0. The van der Waals surface area contributed by atoms with E-state index in [-0.39, 0.29) is 0 Å². The van der Waals surface area contributed by atoms with Crippen LogP contribution >= 0.6 is 0 Å². The third-order valence-corrected chi connectivity index (χ3v) is 3.66. The molecule has 3 rings (SSSR count). The molecule has 0 bridgehead atoms. The van der Waals surface area contributed by atoms with Crippen LogP contribution in [0.15, 0.2) is 60.7 Å². The van der Waals surface area contributed by atoms with Crippen molar-refractivity contribution in [1.82, 2.24) is 0 Å². The first-order valence-corrected chi connectivity index (χ1v) is 6.69. The minimum Gasteiger partial charge on any atom is -0.489 e. The summed E-state index contributed by atoms with van der Waals surface area (Å²) in [6.45, 7) is 6.83. The van der Waals surface area contributed by atoms with Gasteiger partial charge in [0.25, 0.3) is 0 Å². The largest absolute Gasteiger partial charge is 0.489 e. The lowest BCUT2D eigenvalue weighted by molar-refractivity contribution is 0.306. The van der Waals surface area contributed by atoms with Crippen LogP contribution < -0.4 is 4.74 Å². The molecule has 1 atom stereocenters. The third-order valence-electron chi connectivity index (χ3n) is 3.66. The van der Waals surface area contributed by atoms with Crippen molar-refractivity contribution in [3.8, 4) is 5.75 Å². The molecule has 1 nitrogen and oxygen atoms in total. The maximum Gasteiger partial charge on any atom is 0.123 e. The normalized spacial score (nSPS) is 16.8. The van der Waals surface area contributed by atoms with Crippen LogP contribution in [0.4, 0.5) is 0 Å². The summed E-state index contributed by atoms with van der Waals surface area (Å²) in [4.78, 5) is 0. The predicted molar refractivity (Wildman–Crippen MR) is 78.5 cm³/mol. The van der Waals surface area contributed by atoms with Crippen LogP contribution in [0.3, 0.4) is 0 Å². The Kier molecular flexibility index (Phi) is 3.12. The van der Waals surface area contributed by atoms with Crippen molar-refractivity contribution >= 4 is 0 Å². The first-order valence-electron chi connectivity index (χ1n) is 6.69. The summed E-state index contributed by atoms with van der Waals surface area (Å²) in [5.74, 6) is 1.36. The first-order chi connectivity index (χ1) is 9.25. The molecule has 1 aliphatic rings.